The summed E-state index contributed by atoms with van der Waals surface area (Å²) in [6.45, 7) is 1.39. The van der Waals surface area contributed by atoms with Crippen LogP contribution in [0.25, 0.3) is 0 Å². The number of ether oxygens (including phenoxy) is 1. The van der Waals surface area contributed by atoms with Crippen LogP contribution < -0.4 is 15.4 Å². The molecule has 0 spiro atoms. The summed E-state index contributed by atoms with van der Waals surface area (Å²) in [5.74, 6) is -1.32. The fourth-order valence-electron chi connectivity index (χ4n) is 3.90. The van der Waals surface area contributed by atoms with E-state index in [9.17, 15) is 19.1 Å². The van der Waals surface area contributed by atoms with Gasteiger partial charge in [-0.05, 0) is 54.7 Å². The molecule has 0 bridgehead atoms. The minimum absolute atomic E-state index is 0.0571. The number of aromatic nitrogens is 1. The number of halogens is 2. The molecule has 3 aromatic rings. The number of rotatable bonds is 9. The number of benzene rings is 2. The van der Waals surface area contributed by atoms with Crippen molar-refractivity contribution in [3.63, 3.8) is 0 Å². The van der Waals surface area contributed by atoms with Crippen LogP contribution in [0.15, 0.2) is 54.6 Å². The molecular weight excluding hydrogens is 473 g/mol. The smallest absolute Gasteiger partial charge is 0.326 e. The Hall–Kier alpha value is -3.65. The zero-order chi connectivity index (χ0) is 24.8. The number of aliphatic carboxylic acids is 1. The van der Waals surface area contributed by atoms with Crippen molar-refractivity contribution < 1.29 is 23.8 Å². The Labute approximate surface area is 207 Å². The lowest BCUT2D eigenvalue weighted by atomic mass is 10.0. The molecule has 1 atom stereocenters. The summed E-state index contributed by atoms with van der Waals surface area (Å²) < 4.78 is 19.6. The molecule has 2 aromatic carbocycles. The number of hydrogen-bond acceptors (Lipinski definition) is 5. The van der Waals surface area contributed by atoms with Crippen LogP contribution in [0.4, 0.5) is 10.2 Å². The van der Waals surface area contributed by atoms with Gasteiger partial charge in [0.05, 0.1) is 17.1 Å². The van der Waals surface area contributed by atoms with E-state index in [4.69, 9.17) is 16.3 Å². The molecule has 1 amide bonds. The van der Waals surface area contributed by atoms with Crippen LogP contribution in [0.5, 0.6) is 5.75 Å². The topological polar surface area (TPSA) is 101 Å². The predicted molar refractivity (Wildman–Crippen MR) is 131 cm³/mol. The number of fused-ring (bicyclic) bond motifs is 1. The first-order valence-electron chi connectivity index (χ1n) is 11.3. The molecule has 1 aliphatic rings. The zero-order valence-corrected chi connectivity index (χ0v) is 19.6. The Morgan fingerprint density at radius 1 is 1.11 bits per heavy atom. The highest BCUT2D eigenvalue weighted by molar-refractivity contribution is 6.33. The van der Waals surface area contributed by atoms with Crippen molar-refractivity contribution in [1.82, 2.24) is 10.3 Å². The first-order valence-corrected chi connectivity index (χ1v) is 11.7. The number of carboxylic acid groups (broad SMARTS) is 1. The van der Waals surface area contributed by atoms with Gasteiger partial charge in [0.2, 0.25) is 0 Å². The molecule has 0 unspecified atom stereocenters. The molecule has 1 aliphatic heterocycles. The number of carboxylic acids is 1. The lowest BCUT2D eigenvalue weighted by molar-refractivity contribution is -0.139. The Bertz CT molecular complexity index is 1200. The molecule has 7 nitrogen and oxygen atoms in total. The molecule has 0 aliphatic carbocycles. The number of nitrogens with one attached hydrogen (secondary N) is 2. The third kappa shape index (κ3) is 6.27. The molecule has 1 aromatic heterocycles. The third-order valence-corrected chi connectivity index (χ3v) is 6.04. The summed E-state index contributed by atoms with van der Waals surface area (Å²) in [6, 6.07) is 14.1. The van der Waals surface area contributed by atoms with Gasteiger partial charge in [-0.1, -0.05) is 41.9 Å². The molecule has 4 rings (SSSR count). The largest absolute Gasteiger partial charge is 0.488 e. The van der Waals surface area contributed by atoms with E-state index in [0.717, 1.165) is 60.3 Å². The van der Waals surface area contributed by atoms with Gasteiger partial charge in [0.15, 0.2) is 11.6 Å². The van der Waals surface area contributed by atoms with E-state index in [1.165, 1.54) is 12.1 Å². The maximum absolute atomic E-state index is 14.0. The van der Waals surface area contributed by atoms with Crippen LogP contribution in [0.1, 0.15) is 33.6 Å². The minimum Gasteiger partial charge on any atom is -0.488 e. The molecule has 0 saturated heterocycles. The van der Waals surface area contributed by atoms with Gasteiger partial charge < -0.3 is 20.5 Å². The number of pyridine rings is 1. The second-order valence-electron chi connectivity index (χ2n) is 8.26. The SMILES string of the molecule is O=C(N[C@@H](Cc1ccc(CCCc2ccc3c(n2)NCCO3)cc1)C(=O)O)c1c(F)cccc1Cl. The summed E-state index contributed by atoms with van der Waals surface area (Å²) in [7, 11) is 0. The Morgan fingerprint density at radius 3 is 2.63 bits per heavy atom. The quantitative estimate of drug-likeness (QED) is 0.408. The number of nitrogens with zero attached hydrogens (tertiary/aromatic N) is 1. The summed E-state index contributed by atoms with van der Waals surface area (Å²) >= 11 is 5.92. The average Bonchev–Trinajstić information content (AvgIpc) is 2.84. The first kappa shape index (κ1) is 24.5. The monoisotopic (exact) mass is 497 g/mol. The van der Waals surface area contributed by atoms with Gasteiger partial charge in [0, 0.05) is 12.1 Å². The van der Waals surface area contributed by atoms with Crippen molar-refractivity contribution in [2.75, 3.05) is 18.5 Å². The van der Waals surface area contributed by atoms with E-state index in [1.54, 1.807) is 0 Å². The fraction of sp³-hybridized carbons (Fsp3) is 0.269. The highest BCUT2D eigenvalue weighted by atomic mass is 35.5. The van der Waals surface area contributed by atoms with Gasteiger partial charge >= 0.3 is 5.97 Å². The summed E-state index contributed by atoms with van der Waals surface area (Å²) in [5.41, 5.74) is 2.48. The van der Waals surface area contributed by atoms with Gasteiger partial charge in [-0.25, -0.2) is 14.2 Å². The van der Waals surface area contributed by atoms with Gasteiger partial charge in [-0.3, -0.25) is 4.79 Å². The number of amides is 1. The maximum atomic E-state index is 14.0. The molecule has 182 valence electrons. The molecule has 3 N–H and O–H groups in total. The normalized spacial score (nSPS) is 13.2. The number of carbonyl (C=O) groups excluding carboxylic acids is 1. The molecule has 2 heterocycles. The Morgan fingerprint density at radius 2 is 1.89 bits per heavy atom. The van der Waals surface area contributed by atoms with Crippen molar-refractivity contribution in [1.29, 1.82) is 0 Å². The summed E-state index contributed by atoms with van der Waals surface area (Å²) in [5, 5.41) is 15.1. The molecule has 35 heavy (non-hydrogen) atoms. The van der Waals surface area contributed by atoms with E-state index in [-0.39, 0.29) is 17.0 Å². The van der Waals surface area contributed by atoms with Crippen LogP contribution in [-0.4, -0.2) is 41.2 Å². The molecule has 9 heteroatoms. The van der Waals surface area contributed by atoms with Crippen molar-refractivity contribution in [2.45, 2.75) is 31.7 Å². The predicted octanol–water partition coefficient (Wildman–Crippen LogP) is 4.28. The van der Waals surface area contributed by atoms with Crippen LogP contribution >= 0.6 is 11.6 Å². The fourth-order valence-corrected chi connectivity index (χ4v) is 4.14. The Balaban J connectivity index is 1.31. The lowest BCUT2D eigenvalue weighted by Crippen LogP contribution is -2.42. The number of anilines is 1. The average molecular weight is 498 g/mol. The van der Waals surface area contributed by atoms with E-state index < -0.39 is 23.7 Å². The van der Waals surface area contributed by atoms with E-state index in [0.29, 0.717) is 6.61 Å². The summed E-state index contributed by atoms with van der Waals surface area (Å²) in [4.78, 5) is 28.8. The van der Waals surface area contributed by atoms with E-state index in [1.807, 2.05) is 36.4 Å². The van der Waals surface area contributed by atoms with Crippen LogP contribution in [0.3, 0.4) is 0 Å². The second-order valence-corrected chi connectivity index (χ2v) is 8.67. The highest BCUT2D eigenvalue weighted by Crippen LogP contribution is 2.25. The number of hydrogen-bond donors (Lipinski definition) is 3. The third-order valence-electron chi connectivity index (χ3n) is 5.72. The number of aryl methyl sites for hydroxylation is 2. The second kappa shape index (κ2) is 11.2. The van der Waals surface area contributed by atoms with Crippen molar-refractivity contribution in [2.24, 2.45) is 0 Å². The summed E-state index contributed by atoms with van der Waals surface area (Å²) in [6.07, 6.45) is 2.63. The van der Waals surface area contributed by atoms with Gasteiger partial charge in [0.1, 0.15) is 18.5 Å². The standard InChI is InChI=1S/C26H25ClFN3O4/c27-19-5-2-6-20(28)23(19)25(32)31-21(26(33)34)15-17-9-7-16(8-10-17)3-1-4-18-11-12-22-24(30-18)29-13-14-35-22/h2,5-12,21H,1,3-4,13-15H2,(H,29,30)(H,31,32)(H,33,34)/t21-/m0/s1. The molecule has 0 fully saturated rings. The molecular formula is C26H25ClFN3O4. The Kier molecular flexibility index (Phi) is 7.82. The van der Waals surface area contributed by atoms with E-state index >= 15 is 0 Å². The maximum Gasteiger partial charge on any atom is 0.326 e. The lowest BCUT2D eigenvalue weighted by Gasteiger charge is -2.18. The van der Waals surface area contributed by atoms with E-state index in [2.05, 4.69) is 15.6 Å². The zero-order valence-electron chi connectivity index (χ0n) is 18.9. The highest BCUT2D eigenvalue weighted by Gasteiger charge is 2.24. The first-order chi connectivity index (χ1) is 16.9. The van der Waals surface area contributed by atoms with Crippen LogP contribution in [0.2, 0.25) is 5.02 Å². The van der Waals surface area contributed by atoms with Gasteiger partial charge in [-0.15, -0.1) is 0 Å². The number of carbonyl (C=O) groups is 2. The van der Waals surface area contributed by atoms with Crippen molar-refractivity contribution in [3.8, 4) is 5.75 Å². The molecule has 0 radical (unpaired) electrons. The van der Waals surface area contributed by atoms with Crippen molar-refractivity contribution >= 4 is 29.3 Å². The minimum atomic E-state index is -1.23. The van der Waals surface area contributed by atoms with Crippen LogP contribution in [-0.2, 0) is 24.1 Å². The van der Waals surface area contributed by atoms with Crippen LogP contribution in [0, 0.1) is 5.82 Å². The van der Waals surface area contributed by atoms with Crippen molar-refractivity contribution in [3.05, 3.63) is 87.8 Å². The van der Waals surface area contributed by atoms with Gasteiger partial charge in [-0.2, -0.15) is 0 Å². The molecule has 0 saturated carbocycles. The van der Waals surface area contributed by atoms with Gasteiger partial charge in [0.25, 0.3) is 5.91 Å².